The quantitative estimate of drug-likeness (QED) is 0.720. The number of aliphatic hydroxyl groups is 1. The summed E-state index contributed by atoms with van der Waals surface area (Å²) in [5, 5.41) is 13.8. The molecule has 3 rings (SSSR count). The lowest BCUT2D eigenvalue weighted by atomic mass is 10.0. The minimum Gasteiger partial charge on any atom is -0.384 e. The van der Waals surface area contributed by atoms with E-state index in [9.17, 15) is 5.11 Å². The van der Waals surface area contributed by atoms with Crippen LogP contribution in [0.15, 0.2) is 35.7 Å². The third kappa shape index (κ3) is 1.88. The van der Waals surface area contributed by atoms with Gasteiger partial charge in [-0.25, -0.2) is 0 Å². The minimum atomic E-state index is -0.508. The zero-order chi connectivity index (χ0) is 12.7. The van der Waals surface area contributed by atoms with Gasteiger partial charge in [-0.05, 0) is 42.3 Å². The van der Waals surface area contributed by atoms with Crippen LogP contribution in [0, 0.1) is 13.8 Å². The van der Waals surface area contributed by atoms with Crippen LogP contribution in [0.5, 0.6) is 0 Å². The summed E-state index contributed by atoms with van der Waals surface area (Å²) in [5.74, 6) is 0. The summed E-state index contributed by atoms with van der Waals surface area (Å²) in [7, 11) is 0. The van der Waals surface area contributed by atoms with Crippen molar-refractivity contribution >= 4 is 32.8 Å². The average molecular weight is 274 g/mol. The number of hydrogen-bond donors (Lipinski definition) is 1. The van der Waals surface area contributed by atoms with Crippen LogP contribution in [0.25, 0.3) is 10.1 Å². The van der Waals surface area contributed by atoms with Crippen molar-refractivity contribution in [3.8, 4) is 0 Å². The van der Waals surface area contributed by atoms with Crippen LogP contribution < -0.4 is 0 Å². The number of fused-ring (bicyclic) bond motifs is 1. The molecule has 0 saturated carbocycles. The fourth-order valence-electron chi connectivity index (χ4n) is 2.30. The molecule has 0 aliphatic carbocycles. The van der Waals surface area contributed by atoms with E-state index < -0.39 is 6.10 Å². The summed E-state index contributed by atoms with van der Waals surface area (Å²) in [6.07, 6.45) is -0.508. The molecule has 1 N–H and O–H groups in total. The van der Waals surface area contributed by atoms with Gasteiger partial charge in [0.25, 0.3) is 0 Å². The van der Waals surface area contributed by atoms with E-state index in [1.165, 1.54) is 19.8 Å². The lowest BCUT2D eigenvalue weighted by Gasteiger charge is -2.09. The molecule has 2 heterocycles. The van der Waals surface area contributed by atoms with Crippen molar-refractivity contribution in [3.05, 3.63) is 56.6 Å². The van der Waals surface area contributed by atoms with Crippen LogP contribution in [0.3, 0.4) is 0 Å². The Bertz CT molecular complexity index is 693. The van der Waals surface area contributed by atoms with Gasteiger partial charge in [-0.2, -0.15) is 0 Å². The Morgan fingerprint density at radius 2 is 1.89 bits per heavy atom. The largest absolute Gasteiger partial charge is 0.384 e. The highest BCUT2D eigenvalue weighted by atomic mass is 32.1. The summed E-state index contributed by atoms with van der Waals surface area (Å²) in [6, 6.07) is 10.3. The predicted octanol–water partition coefficient (Wildman–Crippen LogP) is 4.66. The second kappa shape index (κ2) is 4.50. The maximum Gasteiger partial charge on any atom is 0.107 e. The lowest BCUT2D eigenvalue weighted by Crippen LogP contribution is -1.98. The molecule has 0 bridgehead atoms. The molecule has 92 valence electrons. The van der Waals surface area contributed by atoms with E-state index in [1.807, 2.05) is 12.1 Å². The topological polar surface area (TPSA) is 20.2 Å². The molecule has 1 unspecified atom stereocenters. The summed E-state index contributed by atoms with van der Waals surface area (Å²) in [6.45, 7) is 4.16. The highest BCUT2D eigenvalue weighted by molar-refractivity contribution is 7.17. The molecule has 0 aliphatic rings. The van der Waals surface area contributed by atoms with Gasteiger partial charge in [-0.1, -0.05) is 18.2 Å². The minimum absolute atomic E-state index is 0.508. The second-order valence-corrected chi connectivity index (χ2v) is 6.83. The van der Waals surface area contributed by atoms with E-state index in [4.69, 9.17) is 0 Å². The molecule has 1 atom stereocenters. The first kappa shape index (κ1) is 11.9. The first-order chi connectivity index (χ1) is 8.66. The molecule has 0 radical (unpaired) electrons. The number of aryl methyl sites for hydroxylation is 2. The standard InChI is InChI=1S/C15H14OS2/c1-9-7-12(10(2)18-9)15(16)13-8-17-14-6-4-3-5-11(13)14/h3-8,15-16H,1-2H3. The van der Waals surface area contributed by atoms with Crippen molar-refractivity contribution < 1.29 is 5.11 Å². The van der Waals surface area contributed by atoms with Gasteiger partial charge < -0.3 is 5.11 Å². The number of aliphatic hydroxyl groups excluding tert-OH is 1. The zero-order valence-corrected chi connectivity index (χ0v) is 11.9. The molecule has 0 spiro atoms. The van der Waals surface area contributed by atoms with E-state index in [1.54, 1.807) is 22.7 Å². The fraction of sp³-hybridized carbons (Fsp3) is 0.200. The van der Waals surface area contributed by atoms with Crippen molar-refractivity contribution in [2.24, 2.45) is 0 Å². The molecule has 2 aromatic heterocycles. The van der Waals surface area contributed by atoms with Crippen LogP contribution in [0.2, 0.25) is 0 Å². The molecule has 18 heavy (non-hydrogen) atoms. The molecular formula is C15H14OS2. The molecule has 1 nitrogen and oxygen atoms in total. The van der Waals surface area contributed by atoms with Gasteiger partial charge in [-0.15, -0.1) is 22.7 Å². The maximum absolute atomic E-state index is 10.6. The van der Waals surface area contributed by atoms with E-state index in [-0.39, 0.29) is 0 Å². The molecule has 3 aromatic rings. The zero-order valence-electron chi connectivity index (χ0n) is 10.3. The molecule has 0 amide bonds. The van der Waals surface area contributed by atoms with E-state index in [0.29, 0.717) is 0 Å². The van der Waals surface area contributed by atoms with Gasteiger partial charge in [0.1, 0.15) is 6.10 Å². The van der Waals surface area contributed by atoms with Crippen molar-refractivity contribution in [2.75, 3.05) is 0 Å². The van der Waals surface area contributed by atoms with Gasteiger partial charge in [0.15, 0.2) is 0 Å². The highest BCUT2D eigenvalue weighted by Crippen LogP contribution is 2.36. The van der Waals surface area contributed by atoms with E-state index >= 15 is 0 Å². The molecule has 0 fully saturated rings. The van der Waals surface area contributed by atoms with Crippen molar-refractivity contribution in [1.82, 2.24) is 0 Å². The first-order valence-corrected chi connectivity index (χ1v) is 7.57. The van der Waals surface area contributed by atoms with Gasteiger partial charge in [0, 0.05) is 20.0 Å². The van der Waals surface area contributed by atoms with Crippen LogP contribution in [-0.4, -0.2) is 5.11 Å². The Morgan fingerprint density at radius 1 is 1.11 bits per heavy atom. The lowest BCUT2D eigenvalue weighted by molar-refractivity contribution is 0.222. The summed E-state index contributed by atoms with van der Waals surface area (Å²) in [4.78, 5) is 2.45. The van der Waals surface area contributed by atoms with Crippen molar-refractivity contribution in [3.63, 3.8) is 0 Å². The van der Waals surface area contributed by atoms with Gasteiger partial charge >= 0.3 is 0 Å². The monoisotopic (exact) mass is 274 g/mol. The summed E-state index contributed by atoms with van der Waals surface area (Å²) < 4.78 is 1.23. The van der Waals surface area contributed by atoms with Crippen LogP contribution >= 0.6 is 22.7 Å². The van der Waals surface area contributed by atoms with Crippen molar-refractivity contribution in [1.29, 1.82) is 0 Å². The van der Waals surface area contributed by atoms with Crippen LogP contribution in [0.1, 0.15) is 27.0 Å². The summed E-state index contributed by atoms with van der Waals surface area (Å²) >= 11 is 3.44. The average Bonchev–Trinajstić information content (AvgIpc) is 2.92. The van der Waals surface area contributed by atoms with Crippen LogP contribution in [0.4, 0.5) is 0 Å². The Balaban J connectivity index is 2.12. The number of rotatable bonds is 2. The molecule has 0 saturated heterocycles. The second-order valence-electron chi connectivity index (χ2n) is 4.46. The molecular weight excluding hydrogens is 260 g/mol. The molecule has 0 aliphatic heterocycles. The first-order valence-electron chi connectivity index (χ1n) is 5.88. The van der Waals surface area contributed by atoms with E-state index in [2.05, 4.69) is 37.4 Å². The van der Waals surface area contributed by atoms with Gasteiger partial charge in [0.05, 0.1) is 0 Å². The SMILES string of the molecule is Cc1cc(C(O)c2csc3ccccc23)c(C)s1. The van der Waals surface area contributed by atoms with E-state index in [0.717, 1.165) is 11.1 Å². The third-order valence-electron chi connectivity index (χ3n) is 3.18. The van der Waals surface area contributed by atoms with Crippen molar-refractivity contribution in [2.45, 2.75) is 20.0 Å². The smallest absolute Gasteiger partial charge is 0.107 e. The fourth-order valence-corrected chi connectivity index (χ4v) is 4.24. The number of hydrogen-bond acceptors (Lipinski definition) is 3. The molecule has 3 heteroatoms. The molecule has 1 aromatic carbocycles. The number of benzene rings is 1. The maximum atomic E-state index is 10.6. The van der Waals surface area contributed by atoms with Crippen LogP contribution in [-0.2, 0) is 0 Å². The number of thiophene rings is 2. The Kier molecular flexibility index (Phi) is 2.98. The third-order valence-corrected chi connectivity index (χ3v) is 5.14. The van der Waals surface area contributed by atoms with Gasteiger partial charge in [0.2, 0.25) is 0 Å². The van der Waals surface area contributed by atoms with Gasteiger partial charge in [-0.3, -0.25) is 0 Å². The predicted molar refractivity (Wildman–Crippen MR) is 79.7 cm³/mol. The highest BCUT2D eigenvalue weighted by Gasteiger charge is 2.18. The Morgan fingerprint density at radius 3 is 2.61 bits per heavy atom. The Hall–Kier alpha value is -1.16. The summed E-state index contributed by atoms with van der Waals surface area (Å²) in [5.41, 5.74) is 2.07. The normalized spacial score (nSPS) is 13.1. The Labute approximate surface area is 114 Å².